The minimum atomic E-state index is 0. The highest BCUT2D eigenvalue weighted by Crippen LogP contribution is 2.44. The van der Waals surface area contributed by atoms with Crippen LogP contribution >= 0.6 is 24.0 Å². The zero-order valence-electron chi connectivity index (χ0n) is 16.1. The van der Waals surface area contributed by atoms with Crippen LogP contribution in [0.15, 0.2) is 4.99 Å². The molecule has 2 fully saturated rings. The summed E-state index contributed by atoms with van der Waals surface area (Å²) in [4.78, 5) is 4.82. The van der Waals surface area contributed by atoms with Crippen molar-refractivity contribution in [2.75, 3.05) is 6.54 Å². The number of aryl methyl sites for hydroxylation is 2. The van der Waals surface area contributed by atoms with Gasteiger partial charge in [-0.2, -0.15) is 5.10 Å². The Morgan fingerprint density at radius 1 is 1.24 bits per heavy atom. The van der Waals surface area contributed by atoms with Crippen molar-refractivity contribution in [1.82, 2.24) is 20.4 Å². The molecule has 1 heterocycles. The molecule has 142 valence electrons. The molecule has 2 aliphatic carbocycles. The number of hydrogen-bond donors (Lipinski definition) is 2. The molecule has 0 saturated heterocycles. The van der Waals surface area contributed by atoms with E-state index in [1.54, 1.807) is 0 Å². The quantitative estimate of drug-likeness (QED) is 0.401. The summed E-state index contributed by atoms with van der Waals surface area (Å²) >= 11 is 0. The first-order chi connectivity index (χ1) is 11.6. The second-order valence-corrected chi connectivity index (χ2v) is 7.52. The Hall–Kier alpha value is -0.790. The molecule has 2 unspecified atom stereocenters. The van der Waals surface area contributed by atoms with E-state index >= 15 is 0 Å². The van der Waals surface area contributed by atoms with Crippen LogP contribution < -0.4 is 10.6 Å². The van der Waals surface area contributed by atoms with Crippen LogP contribution in [0.5, 0.6) is 0 Å². The van der Waals surface area contributed by atoms with Gasteiger partial charge in [-0.3, -0.25) is 4.68 Å². The molecule has 6 heteroatoms. The largest absolute Gasteiger partial charge is 0.357 e. The molecule has 2 N–H and O–H groups in total. The van der Waals surface area contributed by atoms with Gasteiger partial charge < -0.3 is 10.6 Å². The van der Waals surface area contributed by atoms with Crippen LogP contribution in [0.2, 0.25) is 0 Å². The van der Waals surface area contributed by atoms with Gasteiger partial charge in [0.1, 0.15) is 0 Å². The Balaban J connectivity index is 0.00000225. The number of halogens is 1. The average Bonchev–Trinajstić information content (AvgIpc) is 3.29. The van der Waals surface area contributed by atoms with Crippen LogP contribution in [-0.4, -0.2) is 28.3 Å². The summed E-state index contributed by atoms with van der Waals surface area (Å²) in [7, 11) is 2.00. The Kier molecular flexibility index (Phi) is 7.58. The molecule has 2 atom stereocenters. The van der Waals surface area contributed by atoms with E-state index in [9.17, 15) is 0 Å². The molecule has 0 bridgehead atoms. The molecular weight excluding hydrogens is 425 g/mol. The molecule has 2 saturated carbocycles. The zero-order chi connectivity index (χ0) is 17.1. The van der Waals surface area contributed by atoms with Crippen molar-refractivity contribution in [3.63, 3.8) is 0 Å². The summed E-state index contributed by atoms with van der Waals surface area (Å²) in [5.41, 5.74) is 3.54. The van der Waals surface area contributed by atoms with Crippen molar-refractivity contribution in [1.29, 1.82) is 0 Å². The molecule has 0 radical (unpaired) electrons. The lowest BCUT2D eigenvalue weighted by atomic mass is 9.85. The number of aromatic nitrogens is 2. The summed E-state index contributed by atoms with van der Waals surface area (Å²) < 4.78 is 1.94. The van der Waals surface area contributed by atoms with Gasteiger partial charge in [-0.25, -0.2) is 4.99 Å². The van der Waals surface area contributed by atoms with Gasteiger partial charge in [0.05, 0.1) is 12.2 Å². The molecule has 0 aliphatic heterocycles. The number of nitrogens with one attached hydrogen (secondary N) is 2. The van der Waals surface area contributed by atoms with Crippen LogP contribution in [0, 0.1) is 25.7 Å². The predicted octanol–water partition coefficient (Wildman–Crippen LogP) is 3.68. The monoisotopic (exact) mass is 459 g/mol. The number of rotatable bonds is 5. The van der Waals surface area contributed by atoms with Gasteiger partial charge in [-0.1, -0.05) is 32.1 Å². The van der Waals surface area contributed by atoms with E-state index < -0.39 is 0 Å². The van der Waals surface area contributed by atoms with Crippen molar-refractivity contribution in [2.24, 2.45) is 23.9 Å². The number of hydrogen-bond acceptors (Lipinski definition) is 2. The minimum Gasteiger partial charge on any atom is -0.357 e. The maximum atomic E-state index is 4.82. The minimum absolute atomic E-state index is 0. The maximum Gasteiger partial charge on any atom is 0.191 e. The van der Waals surface area contributed by atoms with Gasteiger partial charge in [-0.15, -0.1) is 24.0 Å². The van der Waals surface area contributed by atoms with Gasteiger partial charge in [0.25, 0.3) is 0 Å². The highest BCUT2D eigenvalue weighted by atomic mass is 127. The van der Waals surface area contributed by atoms with E-state index in [1.807, 2.05) is 11.7 Å². The van der Waals surface area contributed by atoms with Gasteiger partial charge in [0.15, 0.2) is 5.96 Å². The first-order valence-electron chi connectivity index (χ1n) is 9.64. The molecule has 2 aliphatic rings. The highest BCUT2D eigenvalue weighted by Gasteiger charge is 2.43. The van der Waals surface area contributed by atoms with Crippen LogP contribution in [0.4, 0.5) is 0 Å². The Morgan fingerprint density at radius 2 is 1.96 bits per heavy atom. The number of guanidine groups is 1. The Morgan fingerprint density at radius 3 is 2.56 bits per heavy atom. The fourth-order valence-electron chi connectivity index (χ4n) is 4.16. The summed E-state index contributed by atoms with van der Waals surface area (Å²) in [6, 6.07) is 0.627. The molecule has 0 spiro atoms. The maximum absolute atomic E-state index is 4.82. The number of aliphatic imine (C=N–C) groups is 1. The van der Waals surface area contributed by atoms with Crippen molar-refractivity contribution < 1.29 is 0 Å². The predicted molar refractivity (Wildman–Crippen MR) is 115 cm³/mol. The fourth-order valence-corrected chi connectivity index (χ4v) is 4.16. The summed E-state index contributed by atoms with van der Waals surface area (Å²) in [5, 5.41) is 11.6. The summed E-state index contributed by atoms with van der Waals surface area (Å²) in [6.45, 7) is 7.91. The normalized spacial score (nSPS) is 23.9. The third kappa shape index (κ3) is 5.11. The SMILES string of the molecule is CCNC(=NCc1c(C)nn(C)c1C)NC1CC1C1CCCCC1.I. The second-order valence-electron chi connectivity index (χ2n) is 7.52. The van der Waals surface area contributed by atoms with E-state index in [0.29, 0.717) is 12.6 Å². The van der Waals surface area contributed by atoms with Crippen LogP contribution in [-0.2, 0) is 13.6 Å². The lowest BCUT2D eigenvalue weighted by Gasteiger charge is -2.22. The van der Waals surface area contributed by atoms with Crippen molar-refractivity contribution in [2.45, 2.75) is 71.9 Å². The molecule has 0 amide bonds. The summed E-state index contributed by atoms with van der Waals surface area (Å²) in [6.07, 6.45) is 8.49. The first kappa shape index (κ1) is 20.5. The topological polar surface area (TPSA) is 54.2 Å². The molecule has 5 nitrogen and oxygen atoms in total. The lowest BCUT2D eigenvalue weighted by Crippen LogP contribution is -2.39. The first-order valence-corrected chi connectivity index (χ1v) is 9.64. The third-order valence-corrected chi connectivity index (χ3v) is 5.82. The Labute approximate surface area is 169 Å². The van der Waals surface area contributed by atoms with E-state index in [0.717, 1.165) is 30.0 Å². The lowest BCUT2D eigenvalue weighted by molar-refractivity contribution is 0.315. The van der Waals surface area contributed by atoms with Crippen molar-refractivity contribution in [3.8, 4) is 0 Å². The zero-order valence-corrected chi connectivity index (χ0v) is 18.5. The third-order valence-electron chi connectivity index (χ3n) is 5.82. The van der Waals surface area contributed by atoms with Crippen LogP contribution in [0.3, 0.4) is 0 Å². The molecule has 1 aromatic rings. The van der Waals surface area contributed by atoms with Gasteiger partial charge in [-0.05, 0) is 39.0 Å². The molecule has 1 aromatic heterocycles. The van der Waals surface area contributed by atoms with Crippen molar-refractivity contribution >= 4 is 29.9 Å². The molecule has 3 rings (SSSR count). The van der Waals surface area contributed by atoms with Gasteiger partial charge >= 0.3 is 0 Å². The highest BCUT2D eigenvalue weighted by molar-refractivity contribution is 14.0. The van der Waals surface area contributed by atoms with Crippen molar-refractivity contribution in [3.05, 3.63) is 17.0 Å². The smallest absolute Gasteiger partial charge is 0.191 e. The average molecular weight is 459 g/mol. The van der Waals surface area contributed by atoms with E-state index in [1.165, 1.54) is 49.8 Å². The fraction of sp³-hybridized carbons (Fsp3) is 0.789. The Bertz CT molecular complexity index is 589. The second kappa shape index (κ2) is 9.24. The van der Waals surface area contributed by atoms with Crippen LogP contribution in [0.1, 0.15) is 62.4 Å². The standard InChI is InChI=1S/C19H33N5.HI/c1-5-20-19(21-12-17-13(2)23-24(4)14(17)3)22-18-11-16(18)15-9-7-6-8-10-15;/h15-16,18H,5-12H2,1-4H3,(H2,20,21,22);1H. The summed E-state index contributed by atoms with van der Waals surface area (Å²) in [5.74, 6) is 2.78. The molecule has 0 aromatic carbocycles. The van der Waals surface area contributed by atoms with Gasteiger partial charge in [0.2, 0.25) is 0 Å². The van der Waals surface area contributed by atoms with E-state index in [2.05, 4.69) is 36.5 Å². The van der Waals surface area contributed by atoms with Gasteiger partial charge in [0, 0.05) is 30.9 Å². The number of nitrogens with zero attached hydrogens (tertiary/aromatic N) is 3. The molecule has 25 heavy (non-hydrogen) atoms. The molecular formula is C19H34IN5. The van der Waals surface area contributed by atoms with Crippen LogP contribution in [0.25, 0.3) is 0 Å². The van der Waals surface area contributed by atoms with E-state index in [-0.39, 0.29) is 24.0 Å². The van der Waals surface area contributed by atoms with E-state index in [4.69, 9.17) is 4.99 Å².